The van der Waals surface area contributed by atoms with Gasteiger partial charge in [-0.2, -0.15) is 0 Å². The van der Waals surface area contributed by atoms with Crippen molar-refractivity contribution in [3.05, 3.63) is 40.5 Å². The zero-order valence-corrected chi connectivity index (χ0v) is 10.2. The van der Waals surface area contributed by atoms with Gasteiger partial charge in [-0.25, -0.2) is 0 Å². The van der Waals surface area contributed by atoms with Crippen LogP contribution in [-0.4, -0.2) is 0 Å². The maximum atomic E-state index is 2.39. The molecule has 1 fully saturated rings. The molecule has 0 bridgehead atoms. The van der Waals surface area contributed by atoms with E-state index in [1.807, 2.05) is 13.8 Å². The van der Waals surface area contributed by atoms with Crippen molar-refractivity contribution in [2.24, 2.45) is 5.92 Å². The van der Waals surface area contributed by atoms with Crippen molar-refractivity contribution in [2.75, 3.05) is 0 Å². The fourth-order valence-electron chi connectivity index (χ4n) is 2.34. The standard InChI is InChI=1S/C13H14.C2H6/c1-8-5-10-3-4-11-7-13(11)12(10)6-9(8)2;1-2/h3-6,11,13H,7H2,1-2H3;1-2H3. The predicted octanol–water partition coefficient (Wildman–Crippen LogP) is 4.46. The molecule has 0 aliphatic heterocycles. The summed E-state index contributed by atoms with van der Waals surface area (Å²) < 4.78 is 0. The van der Waals surface area contributed by atoms with E-state index in [9.17, 15) is 0 Å². The van der Waals surface area contributed by atoms with Crippen LogP contribution in [-0.2, 0) is 0 Å². The van der Waals surface area contributed by atoms with Gasteiger partial charge in [0.2, 0.25) is 0 Å². The van der Waals surface area contributed by atoms with Crippen molar-refractivity contribution in [1.82, 2.24) is 0 Å². The Morgan fingerprint density at radius 1 is 1.07 bits per heavy atom. The van der Waals surface area contributed by atoms with Gasteiger partial charge in [0, 0.05) is 0 Å². The number of allylic oxidation sites excluding steroid dienone is 1. The lowest BCUT2D eigenvalue weighted by Crippen LogP contribution is -1.95. The normalized spacial score (nSPS) is 24.8. The number of hydrogen-bond donors (Lipinski definition) is 0. The summed E-state index contributed by atoms with van der Waals surface area (Å²) in [6, 6.07) is 4.72. The molecule has 2 aliphatic rings. The van der Waals surface area contributed by atoms with Crippen LogP contribution in [0.3, 0.4) is 0 Å². The fraction of sp³-hybridized carbons (Fsp3) is 0.467. The van der Waals surface area contributed by atoms with Crippen LogP contribution in [0.25, 0.3) is 6.08 Å². The fourth-order valence-corrected chi connectivity index (χ4v) is 2.34. The van der Waals surface area contributed by atoms with Crippen molar-refractivity contribution >= 4 is 6.08 Å². The lowest BCUT2D eigenvalue weighted by atomic mass is 9.93. The molecular formula is C15H20. The van der Waals surface area contributed by atoms with E-state index in [0.29, 0.717) is 0 Å². The molecule has 80 valence electrons. The molecule has 2 aliphatic carbocycles. The van der Waals surface area contributed by atoms with E-state index in [2.05, 4.69) is 38.1 Å². The van der Waals surface area contributed by atoms with Crippen LogP contribution in [0.4, 0.5) is 0 Å². The number of hydrogen-bond acceptors (Lipinski definition) is 0. The molecule has 2 unspecified atom stereocenters. The first kappa shape index (κ1) is 10.5. The Morgan fingerprint density at radius 2 is 1.73 bits per heavy atom. The van der Waals surface area contributed by atoms with E-state index < -0.39 is 0 Å². The van der Waals surface area contributed by atoms with E-state index >= 15 is 0 Å². The van der Waals surface area contributed by atoms with Crippen LogP contribution >= 0.6 is 0 Å². The van der Waals surface area contributed by atoms with Crippen molar-refractivity contribution in [3.8, 4) is 0 Å². The van der Waals surface area contributed by atoms with E-state index in [4.69, 9.17) is 0 Å². The van der Waals surface area contributed by atoms with Crippen LogP contribution < -0.4 is 0 Å². The third-order valence-electron chi connectivity index (χ3n) is 3.46. The van der Waals surface area contributed by atoms with Gasteiger partial charge in [0.05, 0.1) is 0 Å². The first-order valence-corrected chi connectivity index (χ1v) is 6.05. The maximum absolute atomic E-state index is 2.39. The van der Waals surface area contributed by atoms with Crippen LogP contribution in [0.1, 0.15) is 48.4 Å². The van der Waals surface area contributed by atoms with Gasteiger partial charge in [-0.05, 0) is 54.4 Å². The van der Waals surface area contributed by atoms with Gasteiger partial charge in [-0.3, -0.25) is 0 Å². The SMILES string of the molecule is CC.Cc1cc2c(cc1C)C1CC1C=C2. The second-order valence-electron chi connectivity index (χ2n) is 4.43. The molecule has 0 heterocycles. The summed E-state index contributed by atoms with van der Waals surface area (Å²) in [6.07, 6.45) is 6.06. The molecule has 1 saturated carbocycles. The molecule has 0 amide bonds. The Labute approximate surface area is 93.0 Å². The van der Waals surface area contributed by atoms with Crippen molar-refractivity contribution in [3.63, 3.8) is 0 Å². The molecule has 0 spiro atoms. The Bertz CT molecular complexity index is 399. The summed E-state index contributed by atoms with van der Waals surface area (Å²) in [5.41, 5.74) is 5.92. The minimum Gasteiger partial charge on any atom is -0.0802 e. The molecule has 0 N–H and O–H groups in total. The average Bonchev–Trinajstić information content (AvgIpc) is 3.02. The largest absolute Gasteiger partial charge is 0.0802 e. The van der Waals surface area contributed by atoms with Crippen LogP contribution in [0, 0.1) is 19.8 Å². The van der Waals surface area contributed by atoms with Crippen LogP contribution in [0.2, 0.25) is 0 Å². The zero-order chi connectivity index (χ0) is 11.0. The van der Waals surface area contributed by atoms with Gasteiger partial charge >= 0.3 is 0 Å². The molecular weight excluding hydrogens is 180 g/mol. The monoisotopic (exact) mass is 200 g/mol. The Balaban J connectivity index is 0.000000404. The number of fused-ring (bicyclic) bond motifs is 3. The van der Waals surface area contributed by atoms with Gasteiger partial charge in [0.15, 0.2) is 0 Å². The molecule has 0 saturated heterocycles. The molecule has 1 aromatic rings. The van der Waals surface area contributed by atoms with E-state index in [-0.39, 0.29) is 0 Å². The highest BCUT2D eigenvalue weighted by atomic mass is 14.4. The first-order chi connectivity index (χ1) is 7.25. The minimum atomic E-state index is 0.860. The second-order valence-corrected chi connectivity index (χ2v) is 4.43. The van der Waals surface area contributed by atoms with E-state index in [1.165, 1.54) is 23.1 Å². The number of benzene rings is 1. The van der Waals surface area contributed by atoms with E-state index in [0.717, 1.165) is 11.8 Å². The van der Waals surface area contributed by atoms with E-state index in [1.54, 1.807) is 5.56 Å². The van der Waals surface area contributed by atoms with Gasteiger partial charge in [-0.1, -0.05) is 38.1 Å². The highest BCUT2D eigenvalue weighted by molar-refractivity contribution is 5.63. The first-order valence-electron chi connectivity index (χ1n) is 6.05. The number of rotatable bonds is 0. The zero-order valence-electron chi connectivity index (χ0n) is 10.2. The highest BCUT2D eigenvalue weighted by Crippen LogP contribution is 2.52. The summed E-state index contributed by atoms with van der Waals surface area (Å²) in [5, 5.41) is 0. The van der Waals surface area contributed by atoms with Gasteiger partial charge in [-0.15, -0.1) is 0 Å². The maximum Gasteiger partial charge on any atom is -0.00868 e. The molecule has 0 heteroatoms. The molecule has 15 heavy (non-hydrogen) atoms. The van der Waals surface area contributed by atoms with Crippen LogP contribution in [0.15, 0.2) is 18.2 Å². The Kier molecular flexibility index (Phi) is 2.68. The molecule has 0 aromatic heterocycles. The predicted molar refractivity (Wildman–Crippen MR) is 67.1 cm³/mol. The molecule has 2 atom stereocenters. The van der Waals surface area contributed by atoms with Crippen LogP contribution in [0.5, 0.6) is 0 Å². The minimum absolute atomic E-state index is 0.860. The van der Waals surface area contributed by atoms with Gasteiger partial charge in [0.1, 0.15) is 0 Å². The van der Waals surface area contributed by atoms with Crippen molar-refractivity contribution in [1.29, 1.82) is 0 Å². The topological polar surface area (TPSA) is 0 Å². The van der Waals surface area contributed by atoms with Gasteiger partial charge < -0.3 is 0 Å². The molecule has 0 nitrogen and oxygen atoms in total. The summed E-state index contributed by atoms with van der Waals surface area (Å²) in [6.45, 7) is 8.41. The molecule has 0 radical (unpaired) electrons. The van der Waals surface area contributed by atoms with Crippen molar-refractivity contribution < 1.29 is 0 Å². The third kappa shape index (κ3) is 1.73. The summed E-state index contributed by atoms with van der Waals surface area (Å²) in [7, 11) is 0. The lowest BCUT2D eigenvalue weighted by Gasteiger charge is -2.12. The Hall–Kier alpha value is -1.04. The van der Waals surface area contributed by atoms with Gasteiger partial charge in [0.25, 0.3) is 0 Å². The Morgan fingerprint density at radius 3 is 2.47 bits per heavy atom. The van der Waals surface area contributed by atoms with Crippen molar-refractivity contribution in [2.45, 2.75) is 40.0 Å². The summed E-state index contributed by atoms with van der Waals surface area (Å²) in [4.78, 5) is 0. The third-order valence-corrected chi connectivity index (χ3v) is 3.46. The smallest absolute Gasteiger partial charge is 0.00868 e. The number of aryl methyl sites for hydroxylation is 2. The molecule has 1 aromatic carbocycles. The lowest BCUT2D eigenvalue weighted by molar-refractivity contribution is 0.990. The summed E-state index contributed by atoms with van der Waals surface area (Å²) in [5.74, 6) is 1.73. The highest BCUT2D eigenvalue weighted by Gasteiger charge is 2.39. The average molecular weight is 200 g/mol. The quantitative estimate of drug-likeness (QED) is 0.580. The second kappa shape index (κ2) is 3.84. The summed E-state index contributed by atoms with van der Waals surface area (Å²) >= 11 is 0. The molecule has 3 rings (SSSR count).